The van der Waals surface area contributed by atoms with Gasteiger partial charge in [0.25, 0.3) is 5.56 Å². The number of aromatic nitrogens is 4. The third kappa shape index (κ3) is 3.65. The van der Waals surface area contributed by atoms with Crippen LogP contribution in [0, 0.1) is 0 Å². The highest BCUT2D eigenvalue weighted by molar-refractivity contribution is 6.32. The molecule has 1 aromatic carbocycles. The van der Waals surface area contributed by atoms with Gasteiger partial charge in [-0.2, -0.15) is 10.2 Å². The predicted molar refractivity (Wildman–Crippen MR) is 95.5 cm³/mol. The smallest absolute Gasteiger partial charge is 0.285 e. The van der Waals surface area contributed by atoms with Gasteiger partial charge in [-0.3, -0.25) is 9.89 Å². The summed E-state index contributed by atoms with van der Waals surface area (Å²) < 4.78 is 0. The molecule has 0 aliphatic heterocycles. The van der Waals surface area contributed by atoms with Crippen molar-refractivity contribution in [2.24, 2.45) is 0 Å². The third-order valence-corrected chi connectivity index (χ3v) is 4.19. The maximum absolute atomic E-state index is 11.5. The molecule has 0 aliphatic rings. The van der Waals surface area contributed by atoms with Crippen molar-refractivity contribution in [1.29, 1.82) is 0 Å². The number of halogens is 1. The maximum atomic E-state index is 11.5. The van der Waals surface area contributed by atoms with E-state index in [4.69, 9.17) is 11.6 Å². The van der Waals surface area contributed by atoms with E-state index >= 15 is 0 Å². The Morgan fingerprint density at radius 2 is 2.00 bits per heavy atom. The molecule has 0 aliphatic carbocycles. The van der Waals surface area contributed by atoms with Gasteiger partial charge in [0.1, 0.15) is 5.02 Å². The van der Waals surface area contributed by atoms with Crippen LogP contribution in [-0.4, -0.2) is 34.0 Å². The second kappa shape index (κ2) is 7.31. The summed E-state index contributed by atoms with van der Waals surface area (Å²) in [6.45, 7) is 0.755. The molecular weight excluding hydrogens is 326 g/mol. The van der Waals surface area contributed by atoms with Gasteiger partial charge in [-0.1, -0.05) is 41.9 Å². The van der Waals surface area contributed by atoms with E-state index in [2.05, 4.69) is 26.5 Å². The minimum Gasteiger partial charge on any atom is -0.372 e. The molecule has 0 spiro atoms. The summed E-state index contributed by atoms with van der Waals surface area (Å²) in [6, 6.07) is 12.1. The lowest BCUT2D eigenvalue weighted by Crippen LogP contribution is -2.22. The molecule has 6 nitrogen and oxygen atoms in total. The molecule has 0 saturated heterocycles. The molecule has 24 heavy (non-hydrogen) atoms. The number of rotatable bonds is 6. The topological polar surface area (TPSA) is 77.7 Å². The quantitative estimate of drug-likeness (QED) is 0.721. The first-order valence-corrected chi connectivity index (χ1v) is 8.07. The van der Waals surface area contributed by atoms with Crippen molar-refractivity contribution >= 4 is 17.3 Å². The molecular formula is C17H18ClN5O. The molecule has 0 saturated carbocycles. The fourth-order valence-corrected chi connectivity index (χ4v) is 2.75. The van der Waals surface area contributed by atoms with Crippen LogP contribution in [-0.2, 0) is 6.42 Å². The molecule has 0 bridgehead atoms. The molecule has 0 unspecified atom stereocenters. The number of benzene rings is 1. The molecule has 2 heterocycles. The molecule has 0 atom stereocenters. The van der Waals surface area contributed by atoms with Crippen LogP contribution in [0.5, 0.6) is 0 Å². The second-order valence-corrected chi connectivity index (χ2v) is 5.95. The van der Waals surface area contributed by atoms with Gasteiger partial charge in [-0.05, 0) is 18.9 Å². The van der Waals surface area contributed by atoms with Crippen molar-refractivity contribution in [3.63, 3.8) is 0 Å². The highest BCUT2D eigenvalue weighted by Gasteiger charge is 2.10. The van der Waals surface area contributed by atoms with Crippen LogP contribution < -0.4 is 10.5 Å². The highest BCUT2D eigenvalue weighted by Crippen LogP contribution is 2.20. The summed E-state index contributed by atoms with van der Waals surface area (Å²) >= 11 is 6.01. The van der Waals surface area contributed by atoms with Crippen LogP contribution in [0.15, 0.2) is 47.4 Å². The van der Waals surface area contributed by atoms with Crippen LogP contribution in [0.2, 0.25) is 5.02 Å². The number of aromatic amines is 2. The Morgan fingerprint density at radius 1 is 1.21 bits per heavy atom. The van der Waals surface area contributed by atoms with Gasteiger partial charge < -0.3 is 4.90 Å². The highest BCUT2D eigenvalue weighted by atomic mass is 35.5. The number of hydrogen-bond donors (Lipinski definition) is 2. The number of nitrogens with zero attached hydrogens (tertiary/aromatic N) is 3. The van der Waals surface area contributed by atoms with Gasteiger partial charge in [0.15, 0.2) is 0 Å². The molecule has 2 aromatic heterocycles. The van der Waals surface area contributed by atoms with Crippen molar-refractivity contribution in [2.75, 3.05) is 18.5 Å². The molecule has 0 fully saturated rings. The minimum atomic E-state index is -0.373. The van der Waals surface area contributed by atoms with Crippen molar-refractivity contribution in [3.05, 3.63) is 63.7 Å². The number of aryl methyl sites for hydroxylation is 1. The van der Waals surface area contributed by atoms with Crippen LogP contribution in [0.1, 0.15) is 12.1 Å². The molecule has 2 N–H and O–H groups in total. The molecule has 0 amide bonds. The zero-order valence-electron chi connectivity index (χ0n) is 13.3. The summed E-state index contributed by atoms with van der Waals surface area (Å²) in [4.78, 5) is 13.4. The van der Waals surface area contributed by atoms with Crippen LogP contribution in [0.25, 0.3) is 11.3 Å². The third-order valence-electron chi connectivity index (χ3n) is 3.83. The lowest BCUT2D eigenvalue weighted by molar-refractivity contribution is 0.763. The summed E-state index contributed by atoms with van der Waals surface area (Å²) in [5.41, 5.74) is 3.38. The van der Waals surface area contributed by atoms with E-state index in [0.29, 0.717) is 5.69 Å². The number of nitrogens with one attached hydrogen (secondary N) is 2. The number of H-pyrrole nitrogens is 2. The predicted octanol–water partition coefficient (Wildman–Crippen LogP) is 2.88. The molecule has 0 radical (unpaired) electrons. The van der Waals surface area contributed by atoms with Crippen LogP contribution >= 0.6 is 11.6 Å². The largest absolute Gasteiger partial charge is 0.372 e. The molecule has 3 rings (SSSR count). The summed E-state index contributed by atoms with van der Waals surface area (Å²) in [5, 5.41) is 13.7. The van der Waals surface area contributed by atoms with Gasteiger partial charge in [-0.25, -0.2) is 5.10 Å². The molecule has 7 heteroatoms. The van der Waals surface area contributed by atoms with E-state index in [1.807, 2.05) is 42.3 Å². The maximum Gasteiger partial charge on any atom is 0.285 e. The average Bonchev–Trinajstić information content (AvgIpc) is 3.07. The molecule has 124 valence electrons. The Balaban J connectivity index is 1.58. The lowest BCUT2D eigenvalue weighted by Gasteiger charge is -2.19. The zero-order valence-corrected chi connectivity index (χ0v) is 14.0. The van der Waals surface area contributed by atoms with E-state index in [9.17, 15) is 4.79 Å². The summed E-state index contributed by atoms with van der Waals surface area (Å²) in [6.07, 6.45) is 3.32. The van der Waals surface area contributed by atoms with E-state index in [1.54, 1.807) is 6.20 Å². The van der Waals surface area contributed by atoms with Gasteiger partial charge in [0.2, 0.25) is 0 Å². The van der Waals surface area contributed by atoms with Gasteiger partial charge in [-0.15, -0.1) is 0 Å². The summed E-state index contributed by atoms with van der Waals surface area (Å²) in [5.74, 6) is 0. The monoisotopic (exact) mass is 343 g/mol. The minimum absolute atomic E-state index is 0.167. The Morgan fingerprint density at radius 3 is 2.79 bits per heavy atom. The first kappa shape index (κ1) is 16.3. The second-order valence-electron chi connectivity index (χ2n) is 5.57. The standard InChI is InChI=1S/C17H18ClN5O/c1-23(15-11-19-22-17(24)16(15)18)9-5-8-13-10-14(21-20-13)12-6-3-2-4-7-12/h2-4,6-7,10-11H,5,8-9H2,1H3,(H,20,21)(H,22,24). The Bertz CT molecular complexity index is 859. The van der Waals surface area contributed by atoms with E-state index in [1.165, 1.54) is 0 Å². The lowest BCUT2D eigenvalue weighted by atomic mass is 10.1. The van der Waals surface area contributed by atoms with E-state index in [0.717, 1.165) is 36.3 Å². The fourth-order valence-electron chi connectivity index (χ4n) is 2.51. The normalized spacial score (nSPS) is 10.8. The number of anilines is 1. The van der Waals surface area contributed by atoms with Crippen LogP contribution in [0.4, 0.5) is 5.69 Å². The Hall–Kier alpha value is -2.60. The van der Waals surface area contributed by atoms with E-state index < -0.39 is 0 Å². The first-order valence-electron chi connectivity index (χ1n) is 7.69. The fraction of sp³-hybridized carbons (Fsp3) is 0.235. The van der Waals surface area contributed by atoms with Crippen molar-refractivity contribution < 1.29 is 0 Å². The average molecular weight is 344 g/mol. The van der Waals surface area contributed by atoms with Crippen LogP contribution in [0.3, 0.4) is 0 Å². The van der Waals surface area contributed by atoms with E-state index in [-0.39, 0.29) is 10.6 Å². The van der Waals surface area contributed by atoms with Gasteiger partial charge in [0, 0.05) is 24.8 Å². The Labute approximate surface area is 144 Å². The van der Waals surface area contributed by atoms with Crippen molar-refractivity contribution in [1.82, 2.24) is 20.4 Å². The Kier molecular flexibility index (Phi) is 4.96. The van der Waals surface area contributed by atoms with Crippen molar-refractivity contribution in [3.8, 4) is 11.3 Å². The van der Waals surface area contributed by atoms with Crippen molar-refractivity contribution in [2.45, 2.75) is 12.8 Å². The van der Waals surface area contributed by atoms with Gasteiger partial charge in [0.05, 0.1) is 17.6 Å². The number of hydrogen-bond acceptors (Lipinski definition) is 4. The SMILES string of the molecule is CN(CCCc1cc(-c2ccccc2)n[nH]1)c1cn[nH]c(=O)c1Cl. The zero-order chi connectivity index (χ0) is 16.9. The first-order chi connectivity index (χ1) is 11.6. The molecule has 3 aromatic rings. The summed E-state index contributed by atoms with van der Waals surface area (Å²) in [7, 11) is 1.89. The van der Waals surface area contributed by atoms with Gasteiger partial charge >= 0.3 is 0 Å².